The molecule has 152 valence electrons. The minimum Gasteiger partial charge on any atom is -0.352 e. The van der Waals surface area contributed by atoms with Crippen LogP contribution in [0.3, 0.4) is 0 Å². The summed E-state index contributed by atoms with van der Waals surface area (Å²) in [7, 11) is 0. The van der Waals surface area contributed by atoms with E-state index >= 15 is 0 Å². The summed E-state index contributed by atoms with van der Waals surface area (Å²) in [6.45, 7) is 2.70. The molecule has 1 aliphatic heterocycles. The predicted octanol–water partition coefficient (Wildman–Crippen LogP) is 4.12. The number of nitrogens with zero attached hydrogens (tertiary/aromatic N) is 1. The number of nitrogens with one attached hydrogen (secondary N) is 2. The molecule has 1 heterocycles. The van der Waals surface area contributed by atoms with Crippen LogP contribution in [-0.4, -0.2) is 30.8 Å². The van der Waals surface area contributed by atoms with Gasteiger partial charge in [0, 0.05) is 19.5 Å². The molecule has 6 nitrogen and oxygen atoms in total. The SMILES string of the molecule is CCCNC(=O)c1ccccc1NC(=O)[C@@H]1CC(=O)N(c2cccc(Cl)c2Cl)C1. The normalized spacial score (nSPS) is 16.0. The van der Waals surface area contributed by atoms with Gasteiger partial charge in [0.25, 0.3) is 5.91 Å². The van der Waals surface area contributed by atoms with Crippen LogP contribution in [0.25, 0.3) is 0 Å². The molecule has 1 aliphatic rings. The Labute approximate surface area is 179 Å². The fourth-order valence-corrected chi connectivity index (χ4v) is 3.57. The molecule has 1 saturated heterocycles. The van der Waals surface area contributed by atoms with Crippen molar-refractivity contribution in [2.45, 2.75) is 19.8 Å². The van der Waals surface area contributed by atoms with E-state index in [1.54, 1.807) is 42.5 Å². The number of amides is 3. The Morgan fingerprint density at radius 1 is 1.14 bits per heavy atom. The van der Waals surface area contributed by atoms with Gasteiger partial charge >= 0.3 is 0 Å². The molecular formula is C21H21Cl2N3O3. The summed E-state index contributed by atoms with van der Waals surface area (Å²) < 4.78 is 0. The number of rotatable bonds is 6. The van der Waals surface area contributed by atoms with E-state index < -0.39 is 5.92 Å². The smallest absolute Gasteiger partial charge is 0.253 e. The average molecular weight is 434 g/mol. The average Bonchev–Trinajstić information content (AvgIpc) is 3.10. The maximum absolute atomic E-state index is 12.8. The largest absolute Gasteiger partial charge is 0.352 e. The summed E-state index contributed by atoms with van der Waals surface area (Å²) in [6, 6.07) is 11.8. The van der Waals surface area contributed by atoms with Crippen LogP contribution < -0.4 is 15.5 Å². The van der Waals surface area contributed by atoms with Crippen molar-refractivity contribution in [3.8, 4) is 0 Å². The summed E-state index contributed by atoms with van der Waals surface area (Å²) in [5, 5.41) is 6.21. The zero-order chi connectivity index (χ0) is 21.0. The van der Waals surface area contributed by atoms with Crippen LogP contribution in [0, 0.1) is 5.92 Å². The molecule has 0 bridgehead atoms. The Morgan fingerprint density at radius 2 is 1.90 bits per heavy atom. The van der Waals surface area contributed by atoms with Crippen LogP contribution in [0.15, 0.2) is 42.5 Å². The first-order chi connectivity index (χ1) is 13.9. The number of halogens is 2. The highest BCUT2D eigenvalue weighted by Gasteiger charge is 2.36. The summed E-state index contributed by atoms with van der Waals surface area (Å²) in [5.41, 5.74) is 1.28. The van der Waals surface area contributed by atoms with Crippen molar-refractivity contribution in [1.29, 1.82) is 0 Å². The molecule has 0 spiro atoms. The molecule has 1 fully saturated rings. The molecule has 0 unspecified atom stereocenters. The monoisotopic (exact) mass is 433 g/mol. The molecule has 29 heavy (non-hydrogen) atoms. The Bertz CT molecular complexity index is 949. The number of hydrogen-bond donors (Lipinski definition) is 2. The van der Waals surface area contributed by atoms with Crippen molar-refractivity contribution in [2.24, 2.45) is 5.92 Å². The van der Waals surface area contributed by atoms with Gasteiger partial charge in [-0.25, -0.2) is 0 Å². The number of anilines is 2. The Morgan fingerprint density at radius 3 is 2.66 bits per heavy atom. The summed E-state index contributed by atoms with van der Waals surface area (Å²) in [4.78, 5) is 39.1. The van der Waals surface area contributed by atoms with E-state index in [-0.39, 0.29) is 35.7 Å². The molecule has 0 saturated carbocycles. The van der Waals surface area contributed by atoms with Crippen molar-refractivity contribution in [1.82, 2.24) is 5.32 Å². The number of benzene rings is 2. The van der Waals surface area contributed by atoms with Gasteiger partial charge in [-0.1, -0.05) is 48.3 Å². The van der Waals surface area contributed by atoms with E-state index in [9.17, 15) is 14.4 Å². The van der Waals surface area contributed by atoms with Crippen molar-refractivity contribution >= 4 is 52.3 Å². The quantitative estimate of drug-likeness (QED) is 0.718. The number of carbonyl (C=O) groups is 3. The van der Waals surface area contributed by atoms with Crippen LogP contribution in [0.5, 0.6) is 0 Å². The van der Waals surface area contributed by atoms with Crippen molar-refractivity contribution in [3.05, 3.63) is 58.1 Å². The lowest BCUT2D eigenvalue weighted by Gasteiger charge is -2.19. The third kappa shape index (κ3) is 4.71. The topological polar surface area (TPSA) is 78.5 Å². The second-order valence-corrected chi connectivity index (χ2v) is 7.55. The third-order valence-corrected chi connectivity index (χ3v) is 5.49. The van der Waals surface area contributed by atoms with Crippen LogP contribution in [-0.2, 0) is 9.59 Å². The molecule has 2 aromatic rings. The van der Waals surface area contributed by atoms with E-state index in [1.807, 2.05) is 6.92 Å². The molecule has 0 aromatic heterocycles. The van der Waals surface area contributed by atoms with Gasteiger partial charge in [0.05, 0.1) is 32.9 Å². The van der Waals surface area contributed by atoms with Crippen molar-refractivity contribution in [2.75, 3.05) is 23.3 Å². The van der Waals surface area contributed by atoms with E-state index in [0.717, 1.165) is 6.42 Å². The fourth-order valence-electron chi connectivity index (χ4n) is 3.18. The van der Waals surface area contributed by atoms with Gasteiger partial charge in [-0.3, -0.25) is 14.4 Å². The lowest BCUT2D eigenvalue weighted by molar-refractivity contribution is -0.122. The minimum atomic E-state index is -0.565. The van der Waals surface area contributed by atoms with Gasteiger partial charge in [0.15, 0.2) is 0 Å². The van der Waals surface area contributed by atoms with Gasteiger partial charge < -0.3 is 15.5 Å². The molecule has 0 aliphatic carbocycles. The van der Waals surface area contributed by atoms with Crippen molar-refractivity contribution in [3.63, 3.8) is 0 Å². The molecule has 2 aromatic carbocycles. The maximum Gasteiger partial charge on any atom is 0.253 e. The Balaban J connectivity index is 1.74. The van der Waals surface area contributed by atoms with Crippen LogP contribution in [0.1, 0.15) is 30.1 Å². The summed E-state index contributed by atoms with van der Waals surface area (Å²) >= 11 is 12.3. The van der Waals surface area contributed by atoms with Crippen LogP contribution in [0.4, 0.5) is 11.4 Å². The van der Waals surface area contributed by atoms with Crippen LogP contribution >= 0.6 is 23.2 Å². The highest BCUT2D eigenvalue weighted by atomic mass is 35.5. The Hall–Kier alpha value is -2.57. The second kappa shape index (κ2) is 9.29. The molecule has 2 N–H and O–H groups in total. The summed E-state index contributed by atoms with van der Waals surface area (Å²) in [5.74, 6) is -1.35. The van der Waals surface area contributed by atoms with E-state index in [2.05, 4.69) is 10.6 Å². The maximum atomic E-state index is 12.8. The van der Waals surface area contributed by atoms with Gasteiger partial charge in [-0.15, -0.1) is 0 Å². The zero-order valence-electron chi connectivity index (χ0n) is 15.9. The fraction of sp³-hybridized carbons (Fsp3) is 0.286. The first-order valence-electron chi connectivity index (χ1n) is 9.34. The standard InChI is InChI=1S/C21H21Cl2N3O3/c1-2-10-24-21(29)14-6-3-4-8-16(14)25-20(28)13-11-18(27)26(12-13)17-9-5-7-15(22)19(17)23/h3-9,13H,2,10-12H2,1H3,(H,24,29)(H,25,28)/t13-/m1/s1. The minimum absolute atomic E-state index is 0.0544. The van der Waals surface area contributed by atoms with E-state index in [4.69, 9.17) is 23.2 Å². The molecule has 0 radical (unpaired) electrons. The van der Waals surface area contributed by atoms with Gasteiger partial charge in [-0.05, 0) is 30.7 Å². The first-order valence-corrected chi connectivity index (χ1v) is 10.1. The van der Waals surface area contributed by atoms with E-state index in [0.29, 0.717) is 28.5 Å². The Kier molecular flexibility index (Phi) is 6.77. The van der Waals surface area contributed by atoms with Gasteiger partial charge in [0.1, 0.15) is 0 Å². The van der Waals surface area contributed by atoms with Gasteiger partial charge in [-0.2, -0.15) is 0 Å². The predicted molar refractivity (Wildman–Crippen MR) is 115 cm³/mol. The van der Waals surface area contributed by atoms with Gasteiger partial charge in [0.2, 0.25) is 11.8 Å². The molecule has 1 atom stereocenters. The number of carbonyl (C=O) groups excluding carboxylic acids is 3. The second-order valence-electron chi connectivity index (χ2n) is 6.77. The number of para-hydroxylation sites is 1. The lowest BCUT2D eigenvalue weighted by Crippen LogP contribution is -2.30. The first kappa shape index (κ1) is 21.1. The third-order valence-electron chi connectivity index (χ3n) is 4.68. The number of hydrogen-bond acceptors (Lipinski definition) is 3. The molecule has 3 rings (SSSR count). The highest BCUT2D eigenvalue weighted by molar-refractivity contribution is 6.44. The van der Waals surface area contributed by atoms with E-state index in [1.165, 1.54) is 4.90 Å². The lowest BCUT2D eigenvalue weighted by atomic mass is 10.1. The zero-order valence-corrected chi connectivity index (χ0v) is 17.4. The van der Waals surface area contributed by atoms with Crippen LogP contribution in [0.2, 0.25) is 10.0 Å². The highest BCUT2D eigenvalue weighted by Crippen LogP contribution is 2.36. The molecular weight excluding hydrogens is 413 g/mol. The summed E-state index contributed by atoms with van der Waals surface area (Å²) in [6.07, 6.45) is 0.866. The molecule has 8 heteroatoms. The molecule has 3 amide bonds. The van der Waals surface area contributed by atoms with Crippen molar-refractivity contribution < 1.29 is 14.4 Å².